The monoisotopic (exact) mass is 518 g/mol. The van der Waals surface area contributed by atoms with Crippen molar-refractivity contribution in [2.45, 2.75) is 48.2 Å². The zero-order valence-corrected chi connectivity index (χ0v) is 19.2. The third-order valence-corrected chi connectivity index (χ3v) is 7.27. The molecule has 1 heterocycles. The normalized spacial score (nSPS) is 16.4. The summed E-state index contributed by atoms with van der Waals surface area (Å²) in [6.07, 6.45) is 0.585. The zero-order valence-electron chi connectivity index (χ0n) is 17.6. The van der Waals surface area contributed by atoms with E-state index in [2.05, 4.69) is 14.7 Å². The molecule has 2 atom stereocenters. The molecule has 0 fully saturated rings. The Kier molecular flexibility index (Phi) is 8.17. The fourth-order valence-corrected chi connectivity index (χ4v) is 5.61. The van der Waals surface area contributed by atoms with Crippen LogP contribution in [0.4, 0.5) is 5.69 Å². The summed E-state index contributed by atoms with van der Waals surface area (Å²) in [4.78, 5) is 35.0. The second-order valence-corrected chi connectivity index (χ2v) is 9.88. The predicted octanol–water partition coefficient (Wildman–Crippen LogP) is 1.46. The van der Waals surface area contributed by atoms with Crippen LogP contribution in [0.3, 0.4) is 0 Å². The number of nitrogens with two attached hydrogens (primary N) is 1. The van der Waals surface area contributed by atoms with Crippen molar-refractivity contribution in [1.29, 1.82) is 0 Å². The third-order valence-electron chi connectivity index (χ3n) is 5.45. The molecule has 0 radical (unpaired) electrons. The van der Waals surface area contributed by atoms with E-state index in [0.717, 1.165) is 0 Å². The molecule has 1 aromatic heterocycles. The fraction of sp³-hybridized carbons (Fsp3) is 0.421. The number of amides is 1. The van der Waals surface area contributed by atoms with Crippen molar-refractivity contribution in [3.63, 3.8) is 0 Å². The van der Waals surface area contributed by atoms with Crippen LogP contribution in [0.15, 0.2) is 26.2 Å². The van der Waals surface area contributed by atoms with Crippen LogP contribution in [0.2, 0.25) is 0 Å². The van der Waals surface area contributed by atoms with Gasteiger partial charge in [0.05, 0.1) is 10.9 Å². The molecule has 13 nitrogen and oxygen atoms in total. The van der Waals surface area contributed by atoms with Crippen molar-refractivity contribution in [2.75, 3.05) is 12.3 Å². The Bertz CT molecular complexity index is 1260. The van der Waals surface area contributed by atoms with Crippen LogP contribution >= 0.6 is 12.0 Å². The molecule has 1 aromatic carbocycles. The highest BCUT2D eigenvalue weighted by Crippen LogP contribution is 2.45. The summed E-state index contributed by atoms with van der Waals surface area (Å²) in [6, 6.07) is 2.71. The minimum Gasteiger partial charge on any atom is -0.481 e. The van der Waals surface area contributed by atoms with Gasteiger partial charge in [0, 0.05) is 48.3 Å². The smallest absolute Gasteiger partial charge is 0.339 e. The Hall–Kier alpha value is -2.69. The lowest BCUT2D eigenvalue weighted by molar-refractivity contribution is -0.432. The van der Waals surface area contributed by atoms with E-state index in [1.54, 1.807) is 0 Å². The minimum absolute atomic E-state index is 0.114. The Labute approximate surface area is 197 Å². The van der Waals surface area contributed by atoms with Gasteiger partial charge < -0.3 is 20.6 Å². The van der Waals surface area contributed by atoms with Gasteiger partial charge in [-0.1, -0.05) is 5.04 Å². The second kappa shape index (κ2) is 10.7. The van der Waals surface area contributed by atoms with Crippen LogP contribution in [0, 0.1) is 0 Å². The number of rotatable bonds is 11. The van der Waals surface area contributed by atoms with E-state index in [9.17, 15) is 27.4 Å². The number of benzene rings is 1. The molecule has 6 N–H and O–H groups in total. The average Bonchev–Trinajstić information content (AvgIpc) is 3.19. The van der Waals surface area contributed by atoms with Crippen LogP contribution < -0.4 is 16.7 Å². The highest BCUT2D eigenvalue weighted by atomic mass is 32.2. The van der Waals surface area contributed by atoms with Gasteiger partial charge in [0.2, 0.25) is 5.91 Å². The highest BCUT2D eigenvalue weighted by molar-refractivity contribution is 7.95. The number of carboxylic acid groups (broad SMARTS) is 1. The first-order valence-electron chi connectivity index (χ1n) is 10.0. The maximum absolute atomic E-state index is 12.6. The van der Waals surface area contributed by atoms with E-state index in [1.165, 1.54) is 12.1 Å². The topological polar surface area (TPSA) is 216 Å². The van der Waals surface area contributed by atoms with Gasteiger partial charge in [-0.15, -0.1) is 4.33 Å². The Morgan fingerprint density at radius 3 is 2.74 bits per heavy atom. The summed E-state index contributed by atoms with van der Waals surface area (Å²) < 4.78 is 43.2. The van der Waals surface area contributed by atoms with E-state index >= 15 is 0 Å². The zero-order chi connectivity index (χ0) is 25.0. The summed E-state index contributed by atoms with van der Waals surface area (Å²) in [5, 5.41) is 23.1. The van der Waals surface area contributed by atoms with Gasteiger partial charge in [0.15, 0.2) is 10.5 Å². The van der Waals surface area contributed by atoms with Gasteiger partial charge >= 0.3 is 11.6 Å². The minimum atomic E-state index is -4.83. The van der Waals surface area contributed by atoms with E-state index in [4.69, 9.17) is 20.5 Å². The van der Waals surface area contributed by atoms with Crippen molar-refractivity contribution < 1.29 is 46.7 Å². The number of fused-ring (bicyclic) bond motifs is 3. The Morgan fingerprint density at radius 2 is 2.09 bits per heavy atom. The Balaban J connectivity index is 1.99. The van der Waals surface area contributed by atoms with Crippen molar-refractivity contribution in [3.8, 4) is 0 Å². The maximum atomic E-state index is 12.6. The van der Waals surface area contributed by atoms with Crippen LogP contribution in [0.1, 0.15) is 42.7 Å². The summed E-state index contributed by atoms with van der Waals surface area (Å²) in [7, 11) is -4.83. The van der Waals surface area contributed by atoms with Gasteiger partial charge in [-0.05, 0) is 37.0 Å². The van der Waals surface area contributed by atoms with Crippen molar-refractivity contribution in [1.82, 2.24) is 5.32 Å². The number of hydrogen-bond donors (Lipinski definition) is 5. The number of aliphatic carboxylic acids is 1. The number of carbonyl (C=O) groups is 2. The molecule has 34 heavy (non-hydrogen) atoms. The standard InChI is InChI=1S/C19H22N2O11S2/c20-12-6-5-10-16-9(3-4-11(16)19(25)30-17(10)18(12)34(27,28)29)13(33-32-31-26)8-14(22)21-7-1-2-15(23)24/h5-6,9,13,26H,1-4,7-8,20H2,(H,21,22)(H,23,24)(H,27,28,29). The van der Waals surface area contributed by atoms with Crippen molar-refractivity contribution in [3.05, 3.63) is 33.7 Å². The van der Waals surface area contributed by atoms with Crippen molar-refractivity contribution >= 4 is 50.7 Å². The first kappa shape index (κ1) is 25.9. The molecule has 0 saturated carbocycles. The summed E-state index contributed by atoms with van der Waals surface area (Å²) >= 11 is 0.630. The first-order chi connectivity index (χ1) is 16.0. The molecule has 0 aliphatic heterocycles. The number of hydrogen-bond acceptors (Lipinski definition) is 11. The van der Waals surface area contributed by atoms with Crippen LogP contribution in [-0.2, 0) is 35.5 Å². The fourth-order valence-electron chi connectivity index (χ4n) is 4.09. The SMILES string of the molecule is Nc1ccc2c3c(c(=O)oc2c1S(=O)(=O)O)CCC3C(CC(=O)NCCCC(=O)O)SOOO. The predicted molar refractivity (Wildman–Crippen MR) is 118 cm³/mol. The number of anilines is 1. The molecule has 1 aliphatic carbocycles. The molecular formula is C19H22N2O11S2. The second-order valence-electron chi connectivity index (χ2n) is 7.59. The number of carbonyl (C=O) groups excluding carboxylic acids is 1. The van der Waals surface area contributed by atoms with Crippen LogP contribution in [-0.4, -0.2) is 47.0 Å². The van der Waals surface area contributed by atoms with E-state index in [0.29, 0.717) is 24.0 Å². The van der Waals surface area contributed by atoms with Gasteiger partial charge in [-0.2, -0.15) is 8.42 Å². The largest absolute Gasteiger partial charge is 0.481 e. The Morgan fingerprint density at radius 1 is 1.35 bits per heavy atom. The lowest BCUT2D eigenvalue weighted by atomic mass is 9.92. The van der Waals surface area contributed by atoms with Gasteiger partial charge in [-0.25, -0.2) is 10.1 Å². The molecular weight excluding hydrogens is 496 g/mol. The van der Waals surface area contributed by atoms with Crippen LogP contribution in [0.5, 0.6) is 0 Å². The van der Waals surface area contributed by atoms with Gasteiger partial charge in [0.25, 0.3) is 10.1 Å². The van der Waals surface area contributed by atoms with E-state index in [-0.39, 0.29) is 48.9 Å². The lowest BCUT2D eigenvalue weighted by Gasteiger charge is -2.23. The molecule has 1 aliphatic rings. The van der Waals surface area contributed by atoms with E-state index in [1.807, 2.05) is 0 Å². The third kappa shape index (κ3) is 5.68. The molecule has 186 valence electrons. The van der Waals surface area contributed by atoms with E-state index < -0.39 is 49.3 Å². The van der Waals surface area contributed by atoms with Crippen molar-refractivity contribution in [2.24, 2.45) is 0 Å². The summed E-state index contributed by atoms with van der Waals surface area (Å²) in [5.41, 5.74) is 4.88. The first-order valence-corrected chi connectivity index (χ1v) is 12.3. The number of nitrogen functional groups attached to an aromatic ring is 1. The number of carboxylic acids is 1. The average molecular weight is 519 g/mol. The molecule has 3 rings (SSSR count). The molecule has 2 aromatic rings. The quantitative estimate of drug-likeness (QED) is 0.0542. The molecule has 0 spiro atoms. The molecule has 0 saturated heterocycles. The highest BCUT2D eigenvalue weighted by Gasteiger charge is 2.37. The van der Waals surface area contributed by atoms with Crippen LogP contribution in [0.25, 0.3) is 11.0 Å². The molecule has 2 unspecified atom stereocenters. The number of nitrogens with one attached hydrogen (secondary N) is 1. The summed E-state index contributed by atoms with van der Waals surface area (Å²) in [5.74, 6) is -1.97. The maximum Gasteiger partial charge on any atom is 0.339 e. The van der Waals surface area contributed by atoms with Gasteiger partial charge in [-0.3, -0.25) is 14.1 Å². The molecule has 0 bridgehead atoms. The summed E-state index contributed by atoms with van der Waals surface area (Å²) in [6.45, 7) is 0.130. The molecule has 1 amide bonds. The lowest BCUT2D eigenvalue weighted by Crippen LogP contribution is -2.30. The van der Waals surface area contributed by atoms with Gasteiger partial charge in [0.1, 0.15) is 0 Å². The molecule has 15 heteroatoms.